The highest BCUT2D eigenvalue weighted by Crippen LogP contribution is 2.29. The van der Waals surface area contributed by atoms with Crippen molar-refractivity contribution in [2.24, 2.45) is 0 Å². The average Bonchev–Trinajstić information content (AvgIpc) is 2.56. The molecule has 5 nitrogen and oxygen atoms in total. The molecular weight excluding hydrogens is 335 g/mol. The molecule has 3 rings (SSSR count). The zero-order chi connectivity index (χ0) is 16.4. The van der Waals surface area contributed by atoms with E-state index in [1.807, 2.05) is 6.92 Å². The van der Waals surface area contributed by atoms with Crippen LogP contribution in [0.5, 0.6) is 0 Å². The average molecular weight is 346 g/mol. The number of benzene rings is 1. The summed E-state index contributed by atoms with van der Waals surface area (Å²) in [5.41, 5.74) is 2.53. The highest BCUT2D eigenvalue weighted by atomic mass is 35.5. The van der Waals surface area contributed by atoms with Gasteiger partial charge in [0.05, 0.1) is 5.69 Å². The van der Waals surface area contributed by atoms with Gasteiger partial charge in [0.1, 0.15) is 5.15 Å². The van der Waals surface area contributed by atoms with E-state index in [2.05, 4.69) is 15.0 Å². The number of hydrogen-bond donors (Lipinski definition) is 0. The Morgan fingerprint density at radius 3 is 2.57 bits per heavy atom. The lowest BCUT2D eigenvalue weighted by atomic mass is 10.2. The van der Waals surface area contributed by atoms with Crippen molar-refractivity contribution in [1.29, 1.82) is 0 Å². The van der Waals surface area contributed by atoms with Crippen molar-refractivity contribution in [3.8, 4) is 11.3 Å². The monoisotopic (exact) mass is 345 g/mol. The lowest BCUT2D eigenvalue weighted by Crippen LogP contribution is -2.12. The van der Waals surface area contributed by atoms with Crippen LogP contribution in [0.2, 0.25) is 10.2 Å². The Hall–Kier alpha value is -2.21. The maximum absolute atomic E-state index is 12.6. The molecule has 0 spiro atoms. The van der Waals surface area contributed by atoms with Gasteiger partial charge in [0.15, 0.2) is 0 Å². The van der Waals surface area contributed by atoms with Crippen LogP contribution in [-0.2, 0) is 0 Å². The molecule has 0 bridgehead atoms. The van der Waals surface area contributed by atoms with Crippen LogP contribution in [0, 0.1) is 12.1 Å². The van der Waals surface area contributed by atoms with E-state index in [1.165, 1.54) is 6.20 Å². The highest BCUT2D eigenvalue weighted by Gasteiger charge is 2.08. The van der Waals surface area contributed by atoms with E-state index in [0.29, 0.717) is 26.6 Å². The first-order chi connectivity index (χ1) is 11.0. The van der Waals surface area contributed by atoms with Gasteiger partial charge in [-0.1, -0.05) is 29.3 Å². The molecular formula is C16H11Cl2N4O-. The molecule has 116 valence electrons. The molecule has 0 unspecified atom stereocenters. The summed E-state index contributed by atoms with van der Waals surface area (Å²) in [7, 11) is 0. The van der Waals surface area contributed by atoms with Crippen LogP contribution in [0.4, 0.5) is 11.6 Å². The van der Waals surface area contributed by atoms with Crippen molar-refractivity contribution in [2.45, 2.75) is 6.92 Å². The number of aryl methyl sites for hydroxylation is 1. The molecule has 0 fully saturated rings. The van der Waals surface area contributed by atoms with E-state index < -0.39 is 0 Å². The summed E-state index contributed by atoms with van der Waals surface area (Å²) >= 11 is 11.9. The second-order valence-corrected chi connectivity index (χ2v) is 5.66. The van der Waals surface area contributed by atoms with Crippen LogP contribution in [-0.4, -0.2) is 15.0 Å². The highest BCUT2D eigenvalue weighted by molar-refractivity contribution is 6.31. The number of hydrogen-bond acceptors (Lipinski definition) is 5. The summed E-state index contributed by atoms with van der Waals surface area (Å²) in [5, 5.41) is 14.1. The Morgan fingerprint density at radius 2 is 1.78 bits per heavy atom. The summed E-state index contributed by atoms with van der Waals surface area (Å²) in [6.07, 6.45) is 3.10. The van der Waals surface area contributed by atoms with Gasteiger partial charge in [0, 0.05) is 28.7 Å². The first kappa shape index (κ1) is 15.7. The van der Waals surface area contributed by atoms with Gasteiger partial charge >= 0.3 is 0 Å². The molecule has 0 aliphatic rings. The lowest BCUT2D eigenvalue weighted by Gasteiger charge is -2.30. The number of aromatic nitrogens is 3. The molecule has 23 heavy (non-hydrogen) atoms. The fourth-order valence-electron chi connectivity index (χ4n) is 2.08. The van der Waals surface area contributed by atoms with Gasteiger partial charge in [-0.05, 0) is 42.8 Å². The molecule has 0 radical (unpaired) electrons. The van der Waals surface area contributed by atoms with E-state index in [1.54, 1.807) is 42.6 Å². The molecule has 0 aliphatic carbocycles. The van der Waals surface area contributed by atoms with Crippen molar-refractivity contribution >= 4 is 34.8 Å². The Balaban J connectivity index is 2.01. The Labute approximate surface area is 143 Å². The standard InChI is InChI=1S/C16H11Cl2N4O/c1-10-2-3-12(17)9-14(10)22(23)16-20-7-5-13(21-16)11-4-6-19-15(18)8-11/h2-9H,1H3/q-1. The third-order valence-electron chi connectivity index (χ3n) is 3.24. The SMILES string of the molecule is Cc1ccc(Cl)cc1N([O-])c1nccc(-c2ccnc(Cl)c2)n1. The second kappa shape index (κ2) is 6.50. The van der Waals surface area contributed by atoms with Crippen LogP contribution in [0.15, 0.2) is 48.8 Å². The third kappa shape index (κ3) is 3.42. The molecule has 1 aromatic carbocycles. The van der Waals surface area contributed by atoms with E-state index in [4.69, 9.17) is 23.2 Å². The summed E-state index contributed by atoms with van der Waals surface area (Å²) in [6.45, 7) is 1.82. The van der Waals surface area contributed by atoms with Gasteiger partial charge in [-0.2, -0.15) is 0 Å². The molecule has 0 saturated carbocycles. The summed E-state index contributed by atoms with van der Waals surface area (Å²) in [6, 6.07) is 10.2. The normalized spacial score (nSPS) is 10.6. The Morgan fingerprint density at radius 1 is 1.00 bits per heavy atom. The third-order valence-corrected chi connectivity index (χ3v) is 3.68. The molecule has 0 aliphatic heterocycles. The van der Waals surface area contributed by atoms with Crippen molar-refractivity contribution in [1.82, 2.24) is 15.0 Å². The molecule has 0 amide bonds. The van der Waals surface area contributed by atoms with Crippen molar-refractivity contribution < 1.29 is 0 Å². The minimum Gasteiger partial charge on any atom is -0.752 e. The molecule has 0 saturated heterocycles. The quantitative estimate of drug-likeness (QED) is 0.504. The lowest BCUT2D eigenvalue weighted by molar-refractivity contribution is 1.08. The second-order valence-electron chi connectivity index (χ2n) is 4.83. The van der Waals surface area contributed by atoms with Gasteiger partial charge < -0.3 is 10.3 Å². The summed E-state index contributed by atoms with van der Waals surface area (Å²) in [5.74, 6) is 0.0285. The van der Waals surface area contributed by atoms with Crippen LogP contribution in [0.1, 0.15) is 5.56 Å². The number of halogens is 2. The van der Waals surface area contributed by atoms with E-state index in [9.17, 15) is 5.21 Å². The number of anilines is 2. The predicted octanol–water partition coefficient (Wildman–Crippen LogP) is 4.79. The van der Waals surface area contributed by atoms with Crippen molar-refractivity contribution in [2.75, 3.05) is 5.06 Å². The molecule has 3 aromatic rings. The van der Waals surface area contributed by atoms with E-state index in [0.717, 1.165) is 11.1 Å². The molecule has 0 N–H and O–H groups in total. The number of rotatable bonds is 3. The van der Waals surface area contributed by atoms with Gasteiger partial charge in [-0.3, -0.25) is 0 Å². The topological polar surface area (TPSA) is 65.0 Å². The van der Waals surface area contributed by atoms with Crippen LogP contribution >= 0.6 is 23.2 Å². The van der Waals surface area contributed by atoms with Gasteiger partial charge in [-0.25, -0.2) is 15.0 Å². The maximum Gasteiger partial charge on any atom is 0.219 e. The van der Waals surface area contributed by atoms with Gasteiger partial charge in [0.25, 0.3) is 0 Å². The maximum atomic E-state index is 12.6. The van der Waals surface area contributed by atoms with Crippen LogP contribution < -0.4 is 5.06 Å². The zero-order valence-electron chi connectivity index (χ0n) is 12.1. The fraction of sp³-hybridized carbons (Fsp3) is 0.0625. The summed E-state index contributed by atoms with van der Waals surface area (Å²) < 4.78 is 0. The van der Waals surface area contributed by atoms with Gasteiger partial charge in [0.2, 0.25) is 5.95 Å². The largest absolute Gasteiger partial charge is 0.752 e. The smallest absolute Gasteiger partial charge is 0.219 e. The molecule has 7 heteroatoms. The molecule has 0 atom stereocenters. The van der Waals surface area contributed by atoms with Crippen LogP contribution in [0.3, 0.4) is 0 Å². The zero-order valence-corrected chi connectivity index (χ0v) is 13.6. The first-order valence-electron chi connectivity index (χ1n) is 6.73. The molecule has 2 heterocycles. The Kier molecular flexibility index (Phi) is 4.43. The van der Waals surface area contributed by atoms with Gasteiger partial charge in [-0.15, -0.1) is 0 Å². The molecule has 2 aromatic heterocycles. The predicted molar refractivity (Wildman–Crippen MR) is 92.0 cm³/mol. The first-order valence-corrected chi connectivity index (χ1v) is 7.48. The van der Waals surface area contributed by atoms with E-state index >= 15 is 0 Å². The minimum absolute atomic E-state index is 0.0285. The summed E-state index contributed by atoms with van der Waals surface area (Å²) in [4.78, 5) is 12.3. The number of nitrogens with zero attached hydrogens (tertiary/aromatic N) is 4. The van der Waals surface area contributed by atoms with E-state index in [-0.39, 0.29) is 5.95 Å². The number of pyridine rings is 1. The van der Waals surface area contributed by atoms with Crippen molar-refractivity contribution in [3.05, 3.63) is 69.7 Å². The Bertz CT molecular complexity index is 857. The van der Waals surface area contributed by atoms with Crippen molar-refractivity contribution in [3.63, 3.8) is 0 Å². The minimum atomic E-state index is 0.0285. The fourth-order valence-corrected chi connectivity index (χ4v) is 2.42. The van der Waals surface area contributed by atoms with Crippen LogP contribution in [0.25, 0.3) is 11.3 Å².